The van der Waals surface area contributed by atoms with Gasteiger partial charge in [-0.25, -0.2) is 4.79 Å². The topological polar surface area (TPSA) is 57.7 Å². The van der Waals surface area contributed by atoms with Crippen LogP contribution in [0.1, 0.15) is 18.4 Å². The fourth-order valence-corrected chi connectivity index (χ4v) is 2.21. The predicted molar refractivity (Wildman–Crippen MR) is 79.1 cm³/mol. The fourth-order valence-electron chi connectivity index (χ4n) is 2.21. The second kappa shape index (κ2) is 7.38. The molecule has 0 aliphatic carbocycles. The summed E-state index contributed by atoms with van der Waals surface area (Å²) >= 11 is 0. The maximum atomic E-state index is 12.2. The Morgan fingerprint density at radius 2 is 1.86 bits per heavy atom. The number of rotatable bonds is 4. The summed E-state index contributed by atoms with van der Waals surface area (Å²) in [7, 11) is 0. The monoisotopic (exact) mass is 285 g/mol. The van der Waals surface area contributed by atoms with Gasteiger partial charge in [0.25, 0.3) is 5.91 Å². The molecule has 0 N–H and O–H groups in total. The van der Waals surface area contributed by atoms with Gasteiger partial charge in [-0.1, -0.05) is 30.3 Å². The lowest BCUT2D eigenvalue weighted by Crippen LogP contribution is -2.45. The van der Waals surface area contributed by atoms with Crippen LogP contribution in [0.3, 0.4) is 0 Å². The number of nitrogens with zero attached hydrogens (tertiary/aromatic N) is 2. The SMILES string of the molecule is O=[C]CN(C(=O)C=Cc1ccccc1)C(=O)N1CCCC1. The van der Waals surface area contributed by atoms with E-state index >= 15 is 0 Å². The third kappa shape index (κ3) is 4.02. The highest BCUT2D eigenvalue weighted by Gasteiger charge is 2.26. The van der Waals surface area contributed by atoms with Gasteiger partial charge in [0, 0.05) is 19.2 Å². The normalized spacial score (nSPS) is 14.4. The van der Waals surface area contributed by atoms with Crippen molar-refractivity contribution in [1.82, 2.24) is 9.80 Å². The zero-order valence-electron chi connectivity index (χ0n) is 11.7. The number of amides is 3. The Bertz CT molecular complexity index is 534. The van der Waals surface area contributed by atoms with Crippen molar-refractivity contribution in [3.8, 4) is 0 Å². The molecule has 0 spiro atoms. The molecule has 1 aromatic rings. The summed E-state index contributed by atoms with van der Waals surface area (Å²) in [6, 6.07) is 8.87. The largest absolute Gasteiger partial charge is 0.327 e. The van der Waals surface area contributed by atoms with E-state index in [-0.39, 0.29) is 6.54 Å². The average Bonchev–Trinajstić information content (AvgIpc) is 3.05. The molecule has 0 bridgehead atoms. The molecule has 0 aromatic heterocycles. The van der Waals surface area contributed by atoms with Gasteiger partial charge in [0.1, 0.15) is 0 Å². The third-order valence-electron chi connectivity index (χ3n) is 3.31. The molecule has 0 atom stereocenters. The van der Waals surface area contributed by atoms with E-state index in [1.807, 2.05) is 30.3 Å². The van der Waals surface area contributed by atoms with Crippen molar-refractivity contribution in [2.45, 2.75) is 12.8 Å². The van der Waals surface area contributed by atoms with E-state index in [1.165, 1.54) is 6.08 Å². The first-order chi connectivity index (χ1) is 10.2. The Morgan fingerprint density at radius 3 is 2.48 bits per heavy atom. The number of likely N-dealkylation sites (tertiary alicyclic amines) is 1. The summed E-state index contributed by atoms with van der Waals surface area (Å²) in [5, 5.41) is 0. The highest BCUT2D eigenvalue weighted by atomic mass is 16.2. The number of hydrogen-bond donors (Lipinski definition) is 0. The lowest BCUT2D eigenvalue weighted by Gasteiger charge is -2.23. The highest BCUT2D eigenvalue weighted by molar-refractivity contribution is 6.03. The Hall–Kier alpha value is -2.43. The lowest BCUT2D eigenvalue weighted by molar-refractivity contribution is -0.123. The van der Waals surface area contributed by atoms with Crippen LogP contribution in [0.15, 0.2) is 36.4 Å². The Labute approximate surface area is 123 Å². The Kier molecular flexibility index (Phi) is 5.26. The molecule has 1 fully saturated rings. The molecule has 5 heteroatoms. The molecule has 0 unspecified atom stereocenters. The number of urea groups is 1. The number of carbonyl (C=O) groups excluding carboxylic acids is 3. The van der Waals surface area contributed by atoms with Crippen molar-refractivity contribution in [3.63, 3.8) is 0 Å². The van der Waals surface area contributed by atoms with Crippen LogP contribution in [0.2, 0.25) is 0 Å². The molecular weight excluding hydrogens is 268 g/mol. The van der Waals surface area contributed by atoms with Gasteiger partial charge in [-0.2, -0.15) is 0 Å². The van der Waals surface area contributed by atoms with E-state index in [0.29, 0.717) is 13.1 Å². The van der Waals surface area contributed by atoms with Crippen molar-refractivity contribution < 1.29 is 14.4 Å². The van der Waals surface area contributed by atoms with E-state index in [9.17, 15) is 14.4 Å². The van der Waals surface area contributed by atoms with Crippen LogP contribution >= 0.6 is 0 Å². The molecule has 0 saturated carbocycles. The second-order valence-corrected chi connectivity index (χ2v) is 4.79. The van der Waals surface area contributed by atoms with Crippen LogP contribution < -0.4 is 0 Å². The first kappa shape index (κ1) is 15.0. The van der Waals surface area contributed by atoms with Crippen LogP contribution in [-0.2, 0) is 9.59 Å². The number of imide groups is 1. The minimum atomic E-state index is -0.501. The molecule has 1 aliphatic heterocycles. The van der Waals surface area contributed by atoms with Crippen molar-refractivity contribution in [3.05, 3.63) is 42.0 Å². The maximum absolute atomic E-state index is 12.2. The zero-order valence-corrected chi connectivity index (χ0v) is 11.7. The van der Waals surface area contributed by atoms with E-state index in [4.69, 9.17) is 0 Å². The van der Waals surface area contributed by atoms with Crippen molar-refractivity contribution in [2.75, 3.05) is 19.6 Å². The fraction of sp³-hybridized carbons (Fsp3) is 0.312. The molecule has 1 saturated heterocycles. The highest BCUT2D eigenvalue weighted by Crippen LogP contribution is 2.11. The molecule has 1 aliphatic rings. The summed E-state index contributed by atoms with van der Waals surface area (Å²) in [6.07, 6.45) is 6.41. The van der Waals surface area contributed by atoms with E-state index in [1.54, 1.807) is 17.3 Å². The number of carbonyl (C=O) groups is 2. The van der Waals surface area contributed by atoms with Crippen LogP contribution in [0.25, 0.3) is 6.08 Å². The summed E-state index contributed by atoms with van der Waals surface area (Å²) in [5.41, 5.74) is 0.856. The van der Waals surface area contributed by atoms with Gasteiger partial charge in [0.15, 0.2) is 0 Å². The van der Waals surface area contributed by atoms with Crippen LogP contribution in [0.4, 0.5) is 4.79 Å². The lowest BCUT2D eigenvalue weighted by atomic mass is 10.2. The Balaban J connectivity index is 2.06. The van der Waals surface area contributed by atoms with Gasteiger partial charge >= 0.3 is 6.03 Å². The molecular formula is C16H17N2O3. The molecule has 3 amide bonds. The quantitative estimate of drug-likeness (QED) is 0.793. The van der Waals surface area contributed by atoms with E-state index in [2.05, 4.69) is 0 Å². The number of hydrogen-bond acceptors (Lipinski definition) is 3. The van der Waals surface area contributed by atoms with Gasteiger partial charge in [0.2, 0.25) is 6.29 Å². The van der Waals surface area contributed by atoms with Crippen molar-refractivity contribution in [1.29, 1.82) is 0 Å². The summed E-state index contributed by atoms with van der Waals surface area (Å²) in [5.74, 6) is -0.501. The standard InChI is InChI=1S/C16H17N2O3/c19-13-12-18(16(21)17-10-4-5-11-17)15(20)9-8-14-6-2-1-3-7-14/h1-3,6-9H,4-5,10-12H2. The first-order valence-electron chi connectivity index (χ1n) is 6.91. The van der Waals surface area contributed by atoms with Gasteiger partial charge in [-0.05, 0) is 24.5 Å². The molecule has 1 radical (unpaired) electrons. The van der Waals surface area contributed by atoms with Crippen molar-refractivity contribution >= 4 is 24.3 Å². The maximum Gasteiger partial charge on any atom is 0.327 e. The van der Waals surface area contributed by atoms with Crippen LogP contribution in [0.5, 0.6) is 0 Å². The molecule has 2 rings (SSSR count). The van der Waals surface area contributed by atoms with Crippen molar-refractivity contribution in [2.24, 2.45) is 0 Å². The Morgan fingerprint density at radius 1 is 1.19 bits per heavy atom. The third-order valence-corrected chi connectivity index (χ3v) is 3.31. The van der Waals surface area contributed by atoms with Crippen LogP contribution in [-0.4, -0.2) is 47.7 Å². The second-order valence-electron chi connectivity index (χ2n) is 4.79. The number of benzene rings is 1. The first-order valence-corrected chi connectivity index (χ1v) is 6.91. The van der Waals surface area contributed by atoms with E-state index < -0.39 is 11.9 Å². The molecule has 1 aromatic carbocycles. The van der Waals surface area contributed by atoms with Gasteiger partial charge in [0.05, 0.1) is 6.54 Å². The summed E-state index contributed by atoms with van der Waals surface area (Å²) < 4.78 is 0. The predicted octanol–water partition coefficient (Wildman–Crippen LogP) is 1.85. The van der Waals surface area contributed by atoms with Crippen LogP contribution in [0, 0.1) is 0 Å². The van der Waals surface area contributed by atoms with Gasteiger partial charge in [-0.15, -0.1) is 0 Å². The summed E-state index contributed by atoms with van der Waals surface area (Å²) in [6.45, 7) is 0.918. The zero-order chi connectivity index (χ0) is 15.1. The van der Waals surface area contributed by atoms with Gasteiger partial charge < -0.3 is 4.90 Å². The minimum Gasteiger partial charge on any atom is -0.324 e. The van der Waals surface area contributed by atoms with E-state index in [0.717, 1.165) is 23.3 Å². The minimum absolute atomic E-state index is 0.340. The summed E-state index contributed by atoms with van der Waals surface area (Å²) in [4.78, 5) is 37.4. The molecule has 21 heavy (non-hydrogen) atoms. The molecule has 5 nitrogen and oxygen atoms in total. The smallest absolute Gasteiger partial charge is 0.324 e. The van der Waals surface area contributed by atoms with Gasteiger partial charge in [-0.3, -0.25) is 14.5 Å². The molecule has 109 valence electrons. The molecule has 1 heterocycles. The average molecular weight is 285 g/mol.